The third-order valence-corrected chi connectivity index (χ3v) is 2.63. The van der Waals surface area contributed by atoms with Gasteiger partial charge in [-0.05, 0) is 6.07 Å². The molecule has 0 aliphatic rings. The molecule has 16 heavy (non-hydrogen) atoms. The molecule has 2 rings (SSSR count). The SMILES string of the molecule is Nc1snnc1COCc1ccccc1F. The van der Waals surface area contributed by atoms with E-state index in [9.17, 15) is 4.39 Å². The lowest BCUT2D eigenvalue weighted by Gasteiger charge is -2.03. The van der Waals surface area contributed by atoms with E-state index in [-0.39, 0.29) is 19.0 Å². The van der Waals surface area contributed by atoms with Crippen LogP contribution >= 0.6 is 11.5 Å². The Morgan fingerprint density at radius 3 is 2.81 bits per heavy atom. The second-order valence-corrected chi connectivity index (χ2v) is 3.95. The maximum absolute atomic E-state index is 13.2. The van der Waals surface area contributed by atoms with Crippen LogP contribution in [-0.4, -0.2) is 9.59 Å². The number of benzene rings is 1. The van der Waals surface area contributed by atoms with Gasteiger partial charge in [0.25, 0.3) is 0 Å². The van der Waals surface area contributed by atoms with Crippen LogP contribution in [0.15, 0.2) is 24.3 Å². The van der Waals surface area contributed by atoms with E-state index in [2.05, 4.69) is 9.59 Å². The summed E-state index contributed by atoms with van der Waals surface area (Å²) >= 11 is 1.12. The van der Waals surface area contributed by atoms with Gasteiger partial charge in [0.05, 0.1) is 13.2 Å². The first kappa shape index (κ1) is 11.0. The zero-order chi connectivity index (χ0) is 11.4. The lowest BCUT2D eigenvalue weighted by atomic mass is 10.2. The molecule has 1 aromatic carbocycles. The van der Waals surface area contributed by atoms with Crippen molar-refractivity contribution >= 4 is 16.5 Å². The number of hydrogen-bond donors (Lipinski definition) is 1. The molecule has 0 aliphatic carbocycles. The van der Waals surface area contributed by atoms with E-state index < -0.39 is 0 Å². The van der Waals surface area contributed by atoms with E-state index in [1.807, 2.05) is 0 Å². The fourth-order valence-corrected chi connectivity index (χ4v) is 1.62. The van der Waals surface area contributed by atoms with Crippen LogP contribution in [0.25, 0.3) is 0 Å². The maximum atomic E-state index is 13.2. The van der Waals surface area contributed by atoms with Crippen molar-refractivity contribution in [3.8, 4) is 0 Å². The second-order valence-electron chi connectivity index (χ2n) is 3.17. The summed E-state index contributed by atoms with van der Waals surface area (Å²) in [6.45, 7) is 0.445. The Morgan fingerprint density at radius 1 is 1.31 bits per heavy atom. The quantitative estimate of drug-likeness (QED) is 0.886. The standard InChI is InChI=1S/C10H10FN3OS/c11-8-4-2-1-3-7(8)5-15-6-9-10(12)16-14-13-9/h1-4H,5-6,12H2. The normalized spacial score (nSPS) is 10.6. The summed E-state index contributed by atoms with van der Waals surface area (Å²) in [5, 5.41) is 4.33. The molecule has 0 atom stereocenters. The summed E-state index contributed by atoms with van der Waals surface area (Å²) in [6.07, 6.45) is 0. The Balaban J connectivity index is 1.89. The summed E-state index contributed by atoms with van der Waals surface area (Å²) in [5.74, 6) is -0.271. The highest BCUT2D eigenvalue weighted by atomic mass is 32.1. The van der Waals surface area contributed by atoms with Gasteiger partial charge in [0, 0.05) is 17.1 Å². The van der Waals surface area contributed by atoms with Gasteiger partial charge >= 0.3 is 0 Å². The highest BCUT2D eigenvalue weighted by Gasteiger charge is 2.05. The van der Waals surface area contributed by atoms with Crippen molar-refractivity contribution in [1.82, 2.24) is 9.59 Å². The molecular weight excluding hydrogens is 229 g/mol. The zero-order valence-corrected chi connectivity index (χ0v) is 9.21. The fraction of sp³-hybridized carbons (Fsp3) is 0.200. The molecular formula is C10H10FN3OS. The fourth-order valence-electron chi connectivity index (χ4n) is 1.19. The lowest BCUT2D eigenvalue weighted by molar-refractivity contribution is 0.103. The van der Waals surface area contributed by atoms with E-state index in [4.69, 9.17) is 10.5 Å². The van der Waals surface area contributed by atoms with Crippen molar-refractivity contribution in [2.75, 3.05) is 5.73 Å². The Hall–Kier alpha value is -1.53. The van der Waals surface area contributed by atoms with Gasteiger partial charge in [0.1, 0.15) is 16.5 Å². The molecule has 0 spiro atoms. The third kappa shape index (κ3) is 2.53. The first-order chi connectivity index (χ1) is 7.77. The van der Waals surface area contributed by atoms with Crippen molar-refractivity contribution in [3.63, 3.8) is 0 Å². The molecule has 1 aromatic heterocycles. The van der Waals surface area contributed by atoms with Crippen molar-refractivity contribution < 1.29 is 9.13 Å². The van der Waals surface area contributed by atoms with E-state index in [0.29, 0.717) is 16.3 Å². The average Bonchev–Trinajstić information content (AvgIpc) is 2.67. The monoisotopic (exact) mass is 239 g/mol. The molecule has 0 saturated carbocycles. The Kier molecular flexibility index (Phi) is 3.43. The van der Waals surface area contributed by atoms with Crippen molar-refractivity contribution in [2.45, 2.75) is 13.2 Å². The van der Waals surface area contributed by atoms with Crippen LogP contribution in [0.4, 0.5) is 9.39 Å². The number of halogens is 1. The molecule has 84 valence electrons. The second kappa shape index (κ2) is 5.00. The molecule has 2 aromatic rings. The highest BCUT2D eigenvalue weighted by molar-refractivity contribution is 7.09. The van der Waals surface area contributed by atoms with Crippen LogP contribution in [0, 0.1) is 5.82 Å². The predicted octanol–water partition coefficient (Wildman–Crippen LogP) is 1.98. The maximum Gasteiger partial charge on any atom is 0.133 e. The van der Waals surface area contributed by atoms with Crippen molar-refractivity contribution in [3.05, 3.63) is 41.3 Å². The number of ether oxygens (including phenoxy) is 1. The number of nitrogen functional groups attached to an aromatic ring is 1. The van der Waals surface area contributed by atoms with Gasteiger partial charge in [-0.1, -0.05) is 22.7 Å². The Morgan fingerprint density at radius 2 is 2.12 bits per heavy atom. The van der Waals surface area contributed by atoms with Crippen LogP contribution in [0.3, 0.4) is 0 Å². The topological polar surface area (TPSA) is 61.0 Å². The van der Waals surface area contributed by atoms with Gasteiger partial charge in [-0.3, -0.25) is 0 Å². The minimum atomic E-state index is -0.271. The minimum Gasteiger partial charge on any atom is -0.388 e. The Bertz CT molecular complexity index is 475. The number of hydrogen-bond acceptors (Lipinski definition) is 5. The largest absolute Gasteiger partial charge is 0.388 e. The summed E-state index contributed by atoms with van der Waals surface area (Å²) in [4.78, 5) is 0. The van der Waals surface area contributed by atoms with Crippen LogP contribution in [0.2, 0.25) is 0 Å². The van der Waals surface area contributed by atoms with Gasteiger partial charge in [-0.15, -0.1) is 5.10 Å². The number of rotatable bonds is 4. The van der Waals surface area contributed by atoms with Crippen LogP contribution in [0.1, 0.15) is 11.3 Å². The molecule has 2 N–H and O–H groups in total. The van der Waals surface area contributed by atoms with Crippen LogP contribution in [-0.2, 0) is 18.0 Å². The molecule has 0 bridgehead atoms. The molecule has 0 saturated heterocycles. The molecule has 1 heterocycles. The van der Waals surface area contributed by atoms with Crippen LogP contribution in [0.5, 0.6) is 0 Å². The molecule has 0 fully saturated rings. The van der Waals surface area contributed by atoms with Crippen molar-refractivity contribution in [2.24, 2.45) is 0 Å². The van der Waals surface area contributed by atoms with Gasteiger partial charge in [-0.25, -0.2) is 4.39 Å². The highest BCUT2D eigenvalue weighted by Crippen LogP contribution is 2.14. The summed E-state index contributed by atoms with van der Waals surface area (Å²) in [5.41, 5.74) is 6.71. The summed E-state index contributed by atoms with van der Waals surface area (Å²) in [7, 11) is 0. The molecule has 4 nitrogen and oxygen atoms in total. The molecule has 0 amide bonds. The van der Waals surface area contributed by atoms with Crippen LogP contribution < -0.4 is 5.73 Å². The van der Waals surface area contributed by atoms with Gasteiger partial charge < -0.3 is 10.5 Å². The van der Waals surface area contributed by atoms with Gasteiger partial charge in [0.2, 0.25) is 0 Å². The predicted molar refractivity (Wildman–Crippen MR) is 59.2 cm³/mol. The first-order valence-corrected chi connectivity index (χ1v) is 5.42. The number of anilines is 1. The van der Waals surface area contributed by atoms with E-state index in [1.54, 1.807) is 18.2 Å². The molecule has 0 radical (unpaired) electrons. The smallest absolute Gasteiger partial charge is 0.133 e. The molecule has 6 heteroatoms. The van der Waals surface area contributed by atoms with Gasteiger partial charge in [0.15, 0.2) is 0 Å². The van der Waals surface area contributed by atoms with E-state index in [0.717, 1.165) is 11.5 Å². The Labute approximate surface area is 96.0 Å². The minimum absolute atomic E-state index is 0.198. The number of aromatic nitrogens is 2. The number of nitrogens with two attached hydrogens (primary N) is 1. The first-order valence-electron chi connectivity index (χ1n) is 4.65. The lowest BCUT2D eigenvalue weighted by Crippen LogP contribution is -1.99. The molecule has 0 aliphatic heterocycles. The zero-order valence-electron chi connectivity index (χ0n) is 8.39. The third-order valence-electron chi connectivity index (χ3n) is 2.04. The molecule has 0 unspecified atom stereocenters. The summed E-state index contributed by atoms with van der Waals surface area (Å²) < 4.78 is 22.2. The van der Waals surface area contributed by atoms with Gasteiger partial charge in [-0.2, -0.15) is 0 Å². The number of nitrogens with zero attached hydrogens (tertiary/aromatic N) is 2. The van der Waals surface area contributed by atoms with E-state index in [1.165, 1.54) is 6.07 Å². The van der Waals surface area contributed by atoms with Crippen molar-refractivity contribution in [1.29, 1.82) is 0 Å². The van der Waals surface area contributed by atoms with E-state index >= 15 is 0 Å². The summed E-state index contributed by atoms with van der Waals surface area (Å²) in [6, 6.07) is 6.48. The average molecular weight is 239 g/mol.